The number of carboxylic acid groups (broad SMARTS) is 1. The van der Waals surface area contributed by atoms with Crippen LogP contribution in [0.5, 0.6) is 5.75 Å². The molecular formula is C33H41NO5S. The van der Waals surface area contributed by atoms with Gasteiger partial charge in [0.25, 0.3) is 0 Å². The van der Waals surface area contributed by atoms with Crippen molar-refractivity contribution in [3.05, 3.63) is 81.9 Å². The van der Waals surface area contributed by atoms with Crippen molar-refractivity contribution >= 4 is 23.0 Å². The van der Waals surface area contributed by atoms with Crippen LogP contribution in [0.1, 0.15) is 73.1 Å². The summed E-state index contributed by atoms with van der Waals surface area (Å²) in [6.45, 7) is 10.6. The number of hydrogen-bond donors (Lipinski definition) is 2. The summed E-state index contributed by atoms with van der Waals surface area (Å²) in [4.78, 5) is 12.1. The number of ether oxygens (including phenoxy) is 2. The van der Waals surface area contributed by atoms with E-state index >= 15 is 0 Å². The molecule has 0 spiro atoms. The number of aryl methyl sites for hydroxylation is 2. The first-order chi connectivity index (χ1) is 18.9. The number of hydrogen-bond acceptors (Lipinski definition) is 5. The van der Waals surface area contributed by atoms with Gasteiger partial charge in [0, 0.05) is 0 Å². The Labute approximate surface area is 241 Å². The molecule has 1 heterocycles. The minimum Gasteiger partial charge on any atom is -0.593 e. The number of anilines is 1. The second kappa shape index (κ2) is 12.7. The summed E-state index contributed by atoms with van der Waals surface area (Å²) >= 11 is -1.32. The quantitative estimate of drug-likeness (QED) is 0.255. The molecule has 0 aromatic heterocycles. The van der Waals surface area contributed by atoms with Gasteiger partial charge in [-0.2, -0.15) is 0 Å². The molecule has 0 aliphatic carbocycles. The fourth-order valence-electron chi connectivity index (χ4n) is 5.68. The van der Waals surface area contributed by atoms with E-state index in [-0.39, 0.29) is 6.42 Å². The molecule has 0 saturated heterocycles. The predicted molar refractivity (Wildman–Crippen MR) is 163 cm³/mol. The summed E-state index contributed by atoms with van der Waals surface area (Å²) < 4.78 is 28.1. The van der Waals surface area contributed by atoms with Crippen molar-refractivity contribution in [3.8, 4) is 16.9 Å². The Morgan fingerprint density at radius 1 is 1.12 bits per heavy atom. The summed E-state index contributed by atoms with van der Waals surface area (Å²) in [6, 6.07) is 16.6. The molecule has 1 aliphatic rings. The third-order valence-electron chi connectivity index (χ3n) is 7.31. The molecule has 1 unspecified atom stereocenters. The Hall–Kier alpha value is -3.00. The summed E-state index contributed by atoms with van der Waals surface area (Å²) in [7, 11) is 0. The molecule has 0 bridgehead atoms. The smallest absolute Gasteiger partial charge is 0.306 e. The number of aliphatic carboxylic acids is 1. The van der Waals surface area contributed by atoms with E-state index in [9.17, 15) is 14.5 Å². The van der Waals surface area contributed by atoms with Gasteiger partial charge >= 0.3 is 5.97 Å². The van der Waals surface area contributed by atoms with Crippen LogP contribution in [0.15, 0.2) is 48.5 Å². The number of rotatable bonds is 10. The summed E-state index contributed by atoms with van der Waals surface area (Å²) in [5.74, 6) is -0.0271. The van der Waals surface area contributed by atoms with Gasteiger partial charge in [0.1, 0.15) is 12.0 Å². The van der Waals surface area contributed by atoms with Gasteiger partial charge in [0.15, 0.2) is 0 Å². The zero-order valence-corrected chi connectivity index (χ0v) is 25.2. The van der Waals surface area contributed by atoms with Crippen molar-refractivity contribution in [2.45, 2.75) is 78.4 Å². The molecule has 2 N–H and O–H groups in total. The SMILES string of the molecule is Cc1c(CCc2ccccc2)c(N[S+](C)[O-])c(C)c([C@@H](CC(=O)O)OC(C)(C)C)c1-c1ccc2c(c1)CCCO2. The van der Waals surface area contributed by atoms with Crippen LogP contribution in [-0.4, -0.2) is 34.1 Å². The van der Waals surface area contributed by atoms with E-state index in [0.29, 0.717) is 6.61 Å². The Kier molecular flexibility index (Phi) is 9.49. The summed E-state index contributed by atoms with van der Waals surface area (Å²) in [5, 5.41) is 9.94. The van der Waals surface area contributed by atoms with Crippen LogP contribution in [0.25, 0.3) is 11.1 Å². The van der Waals surface area contributed by atoms with Gasteiger partial charge in [-0.1, -0.05) is 36.4 Å². The maximum absolute atomic E-state index is 12.6. The van der Waals surface area contributed by atoms with Crippen LogP contribution < -0.4 is 9.46 Å². The zero-order valence-electron chi connectivity index (χ0n) is 24.4. The van der Waals surface area contributed by atoms with Gasteiger partial charge < -0.3 is 19.1 Å². The minimum absolute atomic E-state index is 0.184. The highest BCUT2D eigenvalue weighted by atomic mass is 32.2. The van der Waals surface area contributed by atoms with Crippen LogP contribution in [-0.2, 0) is 40.2 Å². The maximum atomic E-state index is 12.6. The largest absolute Gasteiger partial charge is 0.593 e. The minimum atomic E-state index is -1.32. The van der Waals surface area contributed by atoms with E-state index in [0.717, 1.165) is 76.1 Å². The first-order valence-electron chi connectivity index (χ1n) is 13.9. The van der Waals surface area contributed by atoms with Crippen molar-refractivity contribution < 1.29 is 23.9 Å². The molecule has 3 aromatic carbocycles. The van der Waals surface area contributed by atoms with E-state index < -0.39 is 29.0 Å². The fourth-order valence-corrected chi connectivity index (χ4v) is 6.24. The zero-order chi connectivity index (χ0) is 29.0. The van der Waals surface area contributed by atoms with Gasteiger partial charge in [0.2, 0.25) is 0 Å². The van der Waals surface area contributed by atoms with Gasteiger partial charge in [-0.25, -0.2) is 4.72 Å². The topological polar surface area (TPSA) is 90.9 Å². The lowest BCUT2D eigenvalue weighted by Gasteiger charge is -2.32. The lowest BCUT2D eigenvalue weighted by molar-refractivity contribution is -0.143. The molecule has 0 amide bonds. The summed E-state index contributed by atoms with van der Waals surface area (Å²) in [6.07, 6.45) is 4.19. The highest BCUT2D eigenvalue weighted by Crippen LogP contribution is 2.45. The molecule has 4 rings (SSSR count). The highest BCUT2D eigenvalue weighted by molar-refractivity contribution is 7.92. The monoisotopic (exact) mass is 563 g/mol. The third kappa shape index (κ3) is 7.19. The number of carboxylic acids is 1. The second-order valence-electron chi connectivity index (χ2n) is 11.5. The molecule has 0 fully saturated rings. The molecule has 3 aromatic rings. The van der Waals surface area contributed by atoms with E-state index in [1.165, 1.54) is 5.56 Å². The van der Waals surface area contributed by atoms with Crippen LogP contribution >= 0.6 is 0 Å². The maximum Gasteiger partial charge on any atom is 0.306 e. The van der Waals surface area contributed by atoms with E-state index in [1.54, 1.807) is 6.26 Å². The van der Waals surface area contributed by atoms with Crippen molar-refractivity contribution in [1.82, 2.24) is 0 Å². The van der Waals surface area contributed by atoms with Crippen LogP contribution in [0.2, 0.25) is 0 Å². The molecule has 40 heavy (non-hydrogen) atoms. The molecule has 1 aliphatic heterocycles. The Morgan fingerprint density at radius 2 is 1.85 bits per heavy atom. The highest BCUT2D eigenvalue weighted by Gasteiger charge is 2.32. The summed E-state index contributed by atoms with van der Waals surface area (Å²) in [5.41, 5.74) is 8.39. The average molecular weight is 564 g/mol. The molecule has 2 atom stereocenters. The third-order valence-corrected chi connectivity index (χ3v) is 7.80. The Morgan fingerprint density at radius 3 is 2.50 bits per heavy atom. The lowest BCUT2D eigenvalue weighted by atomic mass is 9.82. The Bertz CT molecular complexity index is 1350. The van der Waals surface area contributed by atoms with Crippen molar-refractivity contribution in [2.24, 2.45) is 0 Å². The number of benzene rings is 3. The normalized spacial score (nSPS) is 14.7. The van der Waals surface area contributed by atoms with E-state index in [1.807, 2.05) is 52.0 Å². The van der Waals surface area contributed by atoms with Gasteiger partial charge in [-0.05, 0) is 117 Å². The molecule has 214 valence electrons. The second-order valence-corrected chi connectivity index (χ2v) is 12.6. The first-order valence-corrected chi connectivity index (χ1v) is 15.5. The molecular weight excluding hydrogens is 522 g/mol. The fraction of sp³-hybridized carbons (Fsp3) is 0.424. The van der Waals surface area contributed by atoms with Crippen molar-refractivity contribution in [2.75, 3.05) is 17.6 Å². The van der Waals surface area contributed by atoms with Crippen LogP contribution in [0.4, 0.5) is 5.69 Å². The van der Waals surface area contributed by atoms with Crippen molar-refractivity contribution in [3.63, 3.8) is 0 Å². The standard InChI is InChI=1S/C33H41NO5S/c1-21-26(16-14-23-11-8-7-9-12-23)32(34-40(6)37)22(2)31(28(20-29(35)36)39-33(3,4)5)30(21)25-15-17-27-24(19-25)13-10-18-38-27/h7-9,11-12,15,17,19,28,34H,10,13-14,16,18,20H2,1-6H3,(H,35,36)/t28-,40?/m1/s1. The molecule has 0 saturated carbocycles. The van der Waals surface area contributed by atoms with E-state index in [4.69, 9.17) is 9.47 Å². The van der Waals surface area contributed by atoms with Crippen LogP contribution in [0, 0.1) is 13.8 Å². The van der Waals surface area contributed by atoms with Crippen molar-refractivity contribution in [1.29, 1.82) is 0 Å². The van der Waals surface area contributed by atoms with Gasteiger partial charge in [-0.15, -0.1) is 0 Å². The Balaban J connectivity index is 1.98. The first kappa shape index (κ1) is 30.0. The number of fused-ring (bicyclic) bond motifs is 1. The molecule has 7 heteroatoms. The van der Waals surface area contributed by atoms with Gasteiger partial charge in [-0.3, -0.25) is 4.79 Å². The predicted octanol–water partition coefficient (Wildman–Crippen LogP) is 7.12. The molecule has 0 radical (unpaired) electrons. The lowest BCUT2D eigenvalue weighted by Crippen LogP contribution is -2.26. The number of carbonyl (C=O) groups is 1. The van der Waals surface area contributed by atoms with Crippen LogP contribution in [0.3, 0.4) is 0 Å². The number of nitrogens with one attached hydrogen (secondary N) is 1. The van der Waals surface area contributed by atoms with E-state index in [2.05, 4.69) is 35.9 Å². The van der Waals surface area contributed by atoms with Gasteiger partial charge in [0.05, 0.1) is 41.8 Å². The average Bonchev–Trinajstić information content (AvgIpc) is 2.88. The molecule has 6 nitrogen and oxygen atoms in total.